The number of hydrogen-bond acceptors (Lipinski definition) is 3. The molecule has 2 rings (SSSR count). The maximum atomic E-state index is 12.2. The van der Waals surface area contributed by atoms with Crippen molar-refractivity contribution in [2.24, 2.45) is 5.41 Å². The Balaban J connectivity index is 1.98. The van der Waals surface area contributed by atoms with Gasteiger partial charge in [0.1, 0.15) is 0 Å². The van der Waals surface area contributed by atoms with Crippen LogP contribution >= 0.6 is 0 Å². The van der Waals surface area contributed by atoms with Crippen LogP contribution in [0, 0.1) is 5.41 Å². The molecule has 1 aliphatic rings. The first kappa shape index (κ1) is 17.5. The minimum absolute atomic E-state index is 0.102. The van der Waals surface area contributed by atoms with Crippen LogP contribution in [0.2, 0.25) is 0 Å². The van der Waals surface area contributed by atoms with Crippen molar-refractivity contribution in [2.45, 2.75) is 52.1 Å². The Morgan fingerprint density at radius 2 is 1.87 bits per heavy atom. The lowest BCUT2D eigenvalue weighted by molar-refractivity contribution is -0.123. The van der Waals surface area contributed by atoms with Crippen LogP contribution in [0.4, 0.5) is 5.69 Å². The molecular formula is C18H26N2O3. The van der Waals surface area contributed by atoms with Crippen LogP contribution in [-0.4, -0.2) is 29.1 Å². The van der Waals surface area contributed by atoms with Gasteiger partial charge in [0.25, 0.3) is 5.91 Å². The van der Waals surface area contributed by atoms with Crippen molar-refractivity contribution in [3.63, 3.8) is 0 Å². The predicted octanol–water partition coefficient (Wildman–Crippen LogP) is 2.71. The fraction of sp³-hybridized carbons (Fsp3) is 0.556. The molecule has 2 amide bonds. The van der Waals surface area contributed by atoms with E-state index in [0.717, 1.165) is 25.7 Å². The number of anilines is 1. The van der Waals surface area contributed by atoms with Gasteiger partial charge in [0.05, 0.1) is 5.60 Å². The zero-order valence-electron chi connectivity index (χ0n) is 14.1. The molecule has 5 heteroatoms. The van der Waals surface area contributed by atoms with Crippen molar-refractivity contribution >= 4 is 17.5 Å². The van der Waals surface area contributed by atoms with Crippen LogP contribution in [0.1, 0.15) is 56.8 Å². The smallest absolute Gasteiger partial charge is 0.251 e. The van der Waals surface area contributed by atoms with E-state index < -0.39 is 11.0 Å². The molecule has 126 valence electrons. The Morgan fingerprint density at radius 3 is 2.48 bits per heavy atom. The predicted molar refractivity (Wildman–Crippen MR) is 90.3 cm³/mol. The highest BCUT2D eigenvalue weighted by Gasteiger charge is 2.31. The molecule has 0 heterocycles. The summed E-state index contributed by atoms with van der Waals surface area (Å²) >= 11 is 0. The molecule has 0 spiro atoms. The van der Waals surface area contributed by atoms with Crippen LogP contribution < -0.4 is 10.6 Å². The zero-order valence-corrected chi connectivity index (χ0v) is 14.1. The van der Waals surface area contributed by atoms with Crippen LogP contribution in [0.5, 0.6) is 0 Å². The lowest BCUT2D eigenvalue weighted by Gasteiger charge is -2.22. The minimum Gasteiger partial charge on any atom is -0.388 e. The Hall–Kier alpha value is -1.88. The average molecular weight is 318 g/mol. The fourth-order valence-corrected chi connectivity index (χ4v) is 2.61. The molecule has 1 aromatic carbocycles. The monoisotopic (exact) mass is 318 g/mol. The molecule has 1 fully saturated rings. The quantitative estimate of drug-likeness (QED) is 0.798. The number of carbonyl (C=O) groups excluding carboxylic acids is 2. The SMILES string of the molecule is CC(C)(C)C(=O)Nc1cccc(C(=O)NCC2(O)CCCC2)c1. The Morgan fingerprint density at radius 1 is 1.22 bits per heavy atom. The molecule has 3 N–H and O–H groups in total. The minimum atomic E-state index is -0.770. The lowest BCUT2D eigenvalue weighted by Crippen LogP contribution is -2.40. The van der Waals surface area contributed by atoms with E-state index in [9.17, 15) is 14.7 Å². The first-order valence-electron chi connectivity index (χ1n) is 8.12. The van der Waals surface area contributed by atoms with E-state index in [1.807, 2.05) is 20.8 Å². The third-order valence-electron chi connectivity index (χ3n) is 4.18. The number of carbonyl (C=O) groups is 2. The molecule has 0 unspecified atom stereocenters. The van der Waals surface area contributed by atoms with Gasteiger partial charge >= 0.3 is 0 Å². The third kappa shape index (κ3) is 4.79. The molecule has 1 saturated carbocycles. The van der Waals surface area contributed by atoms with Gasteiger partial charge in [-0.15, -0.1) is 0 Å². The highest BCUT2D eigenvalue weighted by atomic mass is 16.3. The standard InChI is InChI=1S/C18H26N2O3/c1-17(2,3)16(22)20-14-8-6-7-13(11-14)15(21)19-12-18(23)9-4-5-10-18/h6-8,11,23H,4-5,9-10,12H2,1-3H3,(H,19,21)(H,20,22). The van der Waals surface area contributed by atoms with Gasteiger partial charge in [0.2, 0.25) is 5.91 Å². The second kappa shape index (κ2) is 6.71. The van der Waals surface area contributed by atoms with Gasteiger partial charge in [-0.2, -0.15) is 0 Å². The maximum absolute atomic E-state index is 12.2. The van der Waals surface area contributed by atoms with E-state index in [-0.39, 0.29) is 18.4 Å². The summed E-state index contributed by atoms with van der Waals surface area (Å²) < 4.78 is 0. The summed E-state index contributed by atoms with van der Waals surface area (Å²) in [7, 11) is 0. The van der Waals surface area contributed by atoms with Crippen molar-refractivity contribution in [3.8, 4) is 0 Å². The van der Waals surface area contributed by atoms with Crippen LogP contribution in [0.25, 0.3) is 0 Å². The number of hydrogen-bond donors (Lipinski definition) is 3. The summed E-state index contributed by atoms with van der Waals surface area (Å²) in [4.78, 5) is 24.3. The molecule has 0 radical (unpaired) electrons. The molecule has 0 aromatic heterocycles. The zero-order chi connectivity index (χ0) is 17.1. The molecule has 1 aliphatic carbocycles. The molecule has 0 aliphatic heterocycles. The van der Waals surface area contributed by atoms with Gasteiger partial charge < -0.3 is 15.7 Å². The summed E-state index contributed by atoms with van der Waals surface area (Å²) in [5.41, 5.74) is -0.201. The highest BCUT2D eigenvalue weighted by molar-refractivity contribution is 5.98. The second-order valence-corrected chi connectivity index (χ2v) is 7.40. The molecule has 0 saturated heterocycles. The summed E-state index contributed by atoms with van der Waals surface area (Å²) in [6.45, 7) is 5.77. The van der Waals surface area contributed by atoms with Crippen LogP contribution in [0.3, 0.4) is 0 Å². The van der Waals surface area contributed by atoms with Gasteiger partial charge in [-0.25, -0.2) is 0 Å². The number of nitrogens with one attached hydrogen (secondary N) is 2. The molecule has 5 nitrogen and oxygen atoms in total. The van der Waals surface area contributed by atoms with E-state index in [1.54, 1.807) is 24.3 Å². The molecule has 0 bridgehead atoms. The Labute approximate surface area is 137 Å². The fourth-order valence-electron chi connectivity index (χ4n) is 2.61. The summed E-state index contributed by atoms with van der Waals surface area (Å²) in [6, 6.07) is 6.83. The van der Waals surface area contributed by atoms with E-state index in [1.165, 1.54) is 0 Å². The first-order chi connectivity index (χ1) is 10.7. The second-order valence-electron chi connectivity index (χ2n) is 7.40. The van der Waals surface area contributed by atoms with Gasteiger partial charge in [0, 0.05) is 23.2 Å². The molecule has 23 heavy (non-hydrogen) atoms. The summed E-state index contributed by atoms with van der Waals surface area (Å²) in [5, 5.41) is 15.9. The van der Waals surface area contributed by atoms with Crippen molar-refractivity contribution in [2.75, 3.05) is 11.9 Å². The Bertz CT molecular complexity index is 584. The van der Waals surface area contributed by atoms with Crippen molar-refractivity contribution in [1.29, 1.82) is 0 Å². The van der Waals surface area contributed by atoms with Crippen molar-refractivity contribution in [3.05, 3.63) is 29.8 Å². The number of benzene rings is 1. The normalized spacial score (nSPS) is 16.9. The topological polar surface area (TPSA) is 78.4 Å². The third-order valence-corrected chi connectivity index (χ3v) is 4.18. The van der Waals surface area contributed by atoms with Crippen molar-refractivity contribution < 1.29 is 14.7 Å². The van der Waals surface area contributed by atoms with Gasteiger partial charge in [0.15, 0.2) is 0 Å². The van der Waals surface area contributed by atoms with Gasteiger partial charge in [-0.05, 0) is 31.0 Å². The van der Waals surface area contributed by atoms with Gasteiger partial charge in [-0.1, -0.05) is 39.7 Å². The number of amides is 2. The molecule has 0 atom stereocenters. The first-order valence-corrected chi connectivity index (χ1v) is 8.12. The number of rotatable bonds is 4. The number of aliphatic hydroxyl groups is 1. The largest absolute Gasteiger partial charge is 0.388 e. The lowest BCUT2D eigenvalue weighted by atomic mass is 9.95. The highest BCUT2D eigenvalue weighted by Crippen LogP contribution is 2.28. The molecular weight excluding hydrogens is 292 g/mol. The van der Waals surface area contributed by atoms with E-state index >= 15 is 0 Å². The van der Waals surface area contributed by atoms with Crippen molar-refractivity contribution in [1.82, 2.24) is 5.32 Å². The average Bonchev–Trinajstić information content (AvgIpc) is 2.91. The van der Waals surface area contributed by atoms with E-state index in [2.05, 4.69) is 10.6 Å². The van der Waals surface area contributed by atoms with E-state index in [0.29, 0.717) is 11.3 Å². The van der Waals surface area contributed by atoms with Crippen LogP contribution in [-0.2, 0) is 4.79 Å². The van der Waals surface area contributed by atoms with E-state index in [4.69, 9.17) is 0 Å². The van der Waals surface area contributed by atoms with Gasteiger partial charge in [-0.3, -0.25) is 9.59 Å². The summed E-state index contributed by atoms with van der Waals surface area (Å²) in [6.07, 6.45) is 3.46. The van der Waals surface area contributed by atoms with Crippen LogP contribution in [0.15, 0.2) is 24.3 Å². The maximum Gasteiger partial charge on any atom is 0.251 e. The molecule has 1 aromatic rings. The Kier molecular flexibility index (Phi) is 5.09. The summed E-state index contributed by atoms with van der Waals surface area (Å²) in [5.74, 6) is -0.340.